The Morgan fingerprint density at radius 3 is 2.78 bits per heavy atom. The van der Waals surface area contributed by atoms with Crippen LogP contribution in [0, 0.1) is 0 Å². The third-order valence-corrected chi connectivity index (χ3v) is 2.21. The maximum Gasteiger partial charge on any atom is 0.153 e. The number of hydrogen-bond donors (Lipinski definition) is 2. The van der Waals surface area contributed by atoms with Crippen molar-refractivity contribution in [2.24, 2.45) is 0 Å². The predicted molar refractivity (Wildman–Crippen MR) is 61.9 cm³/mol. The van der Waals surface area contributed by atoms with Crippen LogP contribution in [0.25, 0.3) is 0 Å². The summed E-state index contributed by atoms with van der Waals surface area (Å²) >= 11 is 0. The molecule has 0 amide bonds. The topological polar surface area (TPSA) is 103 Å². The number of rotatable bonds is 9. The molecule has 1 aromatic rings. The minimum Gasteiger partial charge on any atom is -0.393 e. The van der Waals surface area contributed by atoms with Gasteiger partial charge in [0, 0.05) is 13.5 Å². The van der Waals surface area contributed by atoms with E-state index in [1.54, 1.807) is 14.0 Å². The number of aromatic nitrogens is 4. The highest BCUT2D eigenvalue weighted by Crippen LogP contribution is 2.00. The van der Waals surface area contributed by atoms with E-state index in [0.29, 0.717) is 25.5 Å². The fraction of sp³-hybridized carbons (Fsp3) is 0.900. The normalized spacial score (nSPS) is 14.7. The van der Waals surface area contributed by atoms with Gasteiger partial charge in [-0.1, -0.05) is 0 Å². The second-order valence-corrected chi connectivity index (χ2v) is 4.05. The highest BCUT2D eigenvalue weighted by Gasteiger charge is 2.13. The number of methoxy groups -OCH3 is 1. The van der Waals surface area contributed by atoms with E-state index in [2.05, 4.69) is 15.5 Å². The maximum atomic E-state index is 9.73. The van der Waals surface area contributed by atoms with Gasteiger partial charge in [-0.25, -0.2) is 4.68 Å². The van der Waals surface area contributed by atoms with E-state index in [0.717, 1.165) is 0 Å². The van der Waals surface area contributed by atoms with Crippen molar-refractivity contribution in [1.82, 2.24) is 20.2 Å². The smallest absolute Gasteiger partial charge is 0.153 e. The van der Waals surface area contributed by atoms with Crippen LogP contribution in [0.2, 0.25) is 0 Å². The fourth-order valence-electron chi connectivity index (χ4n) is 1.39. The molecule has 0 radical (unpaired) electrons. The van der Waals surface area contributed by atoms with Crippen LogP contribution in [-0.2, 0) is 22.4 Å². The molecule has 2 N–H and O–H groups in total. The van der Waals surface area contributed by atoms with Gasteiger partial charge >= 0.3 is 0 Å². The molecule has 0 spiro atoms. The first-order chi connectivity index (χ1) is 8.63. The number of nitrogens with zero attached hydrogens (tertiary/aromatic N) is 4. The number of tetrazole rings is 1. The van der Waals surface area contributed by atoms with Crippen LogP contribution < -0.4 is 0 Å². The Morgan fingerprint density at radius 1 is 1.33 bits per heavy atom. The molecule has 1 heterocycles. The third-order valence-electron chi connectivity index (χ3n) is 2.21. The molecular formula is C10H20N4O4. The number of aliphatic hydroxyl groups is 2. The van der Waals surface area contributed by atoms with Crippen LogP contribution >= 0.6 is 0 Å². The third kappa shape index (κ3) is 5.50. The van der Waals surface area contributed by atoms with Crippen molar-refractivity contribution in [2.75, 3.05) is 26.9 Å². The molecular weight excluding hydrogens is 240 g/mol. The molecule has 0 saturated heterocycles. The van der Waals surface area contributed by atoms with E-state index < -0.39 is 12.2 Å². The lowest BCUT2D eigenvalue weighted by Gasteiger charge is -2.12. The lowest BCUT2D eigenvalue weighted by atomic mass is 10.2. The van der Waals surface area contributed by atoms with Crippen LogP contribution in [0.3, 0.4) is 0 Å². The van der Waals surface area contributed by atoms with Crippen molar-refractivity contribution in [1.29, 1.82) is 0 Å². The number of hydrogen-bond acceptors (Lipinski definition) is 7. The first-order valence-corrected chi connectivity index (χ1v) is 5.81. The molecule has 0 aliphatic rings. The zero-order chi connectivity index (χ0) is 13.4. The Morgan fingerprint density at radius 2 is 2.11 bits per heavy atom. The number of aliphatic hydroxyl groups excluding tert-OH is 2. The summed E-state index contributed by atoms with van der Waals surface area (Å²) in [6.07, 6.45) is -0.868. The Balaban J connectivity index is 2.34. The average Bonchev–Trinajstić information content (AvgIpc) is 2.71. The predicted octanol–water partition coefficient (Wildman–Crippen LogP) is -1.38. The van der Waals surface area contributed by atoms with Gasteiger partial charge in [0.15, 0.2) is 5.82 Å². The summed E-state index contributed by atoms with van der Waals surface area (Å²) in [7, 11) is 1.59. The minimum atomic E-state index is -0.696. The summed E-state index contributed by atoms with van der Waals surface area (Å²) in [5, 5.41) is 30.1. The maximum absolute atomic E-state index is 9.73. The summed E-state index contributed by atoms with van der Waals surface area (Å²) in [5.74, 6) is 0.543. The van der Waals surface area contributed by atoms with E-state index in [1.807, 2.05) is 0 Å². The average molecular weight is 260 g/mol. The van der Waals surface area contributed by atoms with Crippen molar-refractivity contribution in [2.45, 2.75) is 32.1 Å². The molecule has 0 aromatic carbocycles. The Kier molecular flexibility index (Phi) is 6.73. The quantitative estimate of drug-likeness (QED) is 0.527. The molecule has 2 unspecified atom stereocenters. The zero-order valence-electron chi connectivity index (χ0n) is 10.7. The van der Waals surface area contributed by atoms with Gasteiger partial charge in [-0.15, -0.1) is 5.10 Å². The van der Waals surface area contributed by atoms with Crippen molar-refractivity contribution in [3.05, 3.63) is 5.82 Å². The van der Waals surface area contributed by atoms with E-state index in [9.17, 15) is 10.2 Å². The molecule has 0 aliphatic heterocycles. The summed E-state index contributed by atoms with van der Waals surface area (Å²) in [6, 6.07) is 0. The van der Waals surface area contributed by atoms with Crippen LogP contribution in [-0.4, -0.2) is 69.6 Å². The first-order valence-electron chi connectivity index (χ1n) is 5.81. The Bertz CT molecular complexity index is 331. The summed E-state index contributed by atoms with van der Waals surface area (Å²) < 4.78 is 11.5. The van der Waals surface area contributed by atoms with Gasteiger partial charge in [0.2, 0.25) is 0 Å². The van der Waals surface area contributed by atoms with Gasteiger partial charge in [-0.3, -0.25) is 0 Å². The van der Waals surface area contributed by atoms with Crippen LogP contribution in [0.15, 0.2) is 0 Å². The van der Waals surface area contributed by atoms with Crippen molar-refractivity contribution in [3.63, 3.8) is 0 Å². The lowest BCUT2D eigenvalue weighted by molar-refractivity contribution is 0.00530. The van der Waals surface area contributed by atoms with Crippen LogP contribution in [0.4, 0.5) is 0 Å². The number of ether oxygens (including phenoxy) is 2. The molecule has 0 aliphatic carbocycles. The molecule has 0 saturated carbocycles. The van der Waals surface area contributed by atoms with Crippen LogP contribution in [0.5, 0.6) is 0 Å². The second kappa shape index (κ2) is 8.09. The van der Waals surface area contributed by atoms with Crippen molar-refractivity contribution < 1.29 is 19.7 Å². The molecule has 1 aromatic heterocycles. The molecule has 0 fully saturated rings. The summed E-state index contributed by atoms with van der Waals surface area (Å²) in [4.78, 5) is 0. The van der Waals surface area contributed by atoms with Gasteiger partial charge in [0.1, 0.15) is 0 Å². The van der Waals surface area contributed by atoms with Gasteiger partial charge in [-0.2, -0.15) is 0 Å². The van der Waals surface area contributed by atoms with E-state index in [-0.39, 0.29) is 13.2 Å². The summed E-state index contributed by atoms with van der Waals surface area (Å²) in [6.45, 7) is 3.01. The first kappa shape index (κ1) is 15.0. The monoisotopic (exact) mass is 260 g/mol. The van der Waals surface area contributed by atoms with Gasteiger partial charge in [0.05, 0.1) is 38.6 Å². The highest BCUT2D eigenvalue weighted by atomic mass is 16.5. The minimum absolute atomic E-state index is 0.192. The second-order valence-electron chi connectivity index (χ2n) is 4.05. The molecule has 2 atom stereocenters. The largest absolute Gasteiger partial charge is 0.393 e. The zero-order valence-corrected chi connectivity index (χ0v) is 10.7. The Hall–Kier alpha value is -1.09. The van der Waals surface area contributed by atoms with E-state index in [4.69, 9.17) is 9.47 Å². The van der Waals surface area contributed by atoms with Crippen molar-refractivity contribution in [3.8, 4) is 0 Å². The SMILES string of the molecule is COCCOCC(O)Cn1nnnc1CC(C)O. The molecule has 18 heavy (non-hydrogen) atoms. The Labute approximate surface area is 106 Å². The molecule has 0 bridgehead atoms. The highest BCUT2D eigenvalue weighted by molar-refractivity contribution is 4.83. The van der Waals surface area contributed by atoms with Gasteiger partial charge in [0.25, 0.3) is 0 Å². The van der Waals surface area contributed by atoms with Gasteiger partial charge in [-0.05, 0) is 17.4 Å². The van der Waals surface area contributed by atoms with Crippen molar-refractivity contribution >= 4 is 0 Å². The lowest BCUT2D eigenvalue weighted by Crippen LogP contribution is -2.25. The standard InChI is InChI=1S/C10H20N4O4/c1-8(15)5-10-11-12-13-14(10)6-9(16)7-18-4-3-17-2/h8-9,15-16H,3-7H2,1-2H3. The fourth-order valence-corrected chi connectivity index (χ4v) is 1.39. The van der Waals surface area contributed by atoms with Gasteiger partial charge < -0.3 is 19.7 Å². The van der Waals surface area contributed by atoms with Crippen LogP contribution in [0.1, 0.15) is 12.7 Å². The summed E-state index contributed by atoms with van der Waals surface area (Å²) in [5.41, 5.74) is 0. The molecule has 1 rings (SSSR count). The molecule has 8 heteroatoms. The molecule has 8 nitrogen and oxygen atoms in total. The molecule has 104 valence electrons. The van der Waals surface area contributed by atoms with E-state index >= 15 is 0 Å². The van der Waals surface area contributed by atoms with E-state index in [1.165, 1.54) is 4.68 Å².